The van der Waals surface area contributed by atoms with Crippen LogP contribution in [-0.2, 0) is 0 Å². The van der Waals surface area contributed by atoms with Gasteiger partial charge in [-0.2, -0.15) is 0 Å². The Morgan fingerprint density at radius 3 is 2.50 bits per heavy atom. The fourth-order valence-electron chi connectivity index (χ4n) is 2.90. The van der Waals surface area contributed by atoms with Crippen LogP contribution in [0.25, 0.3) is 22.2 Å². The van der Waals surface area contributed by atoms with Crippen LogP contribution >= 0.6 is 11.6 Å². The van der Waals surface area contributed by atoms with Crippen molar-refractivity contribution in [1.82, 2.24) is 4.98 Å². The predicted octanol–water partition coefficient (Wildman–Crippen LogP) is 5.12. The Bertz CT molecular complexity index is 891. The Kier molecular flexibility index (Phi) is 4.58. The van der Waals surface area contributed by atoms with E-state index < -0.39 is 5.82 Å². The van der Waals surface area contributed by atoms with Crippen molar-refractivity contribution >= 4 is 33.9 Å². The summed E-state index contributed by atoms with van der Waals surface area (Å²) in [5.74, 6) is -0.439. The summed E-state index contributed by atoms with van der Waals surface area (Å²) in [5.41, 5.74) is 9.95. The molecule has 24 heavy (non-hydrogen) atoms. The van der Waals surface area contributed by atoms with E-state index in [4.69, 9.17) is 17.3 Å². The molecule has 0 saturated carbocycles. The number of hydrogen-bond donors (Lipinski definition) is 1. The first kappa shape index (κ1) is 16.5. The summed E-state index contributed by atoms with van der Waals surface area (Å²) in [6, 6.07) is 12.6. The van der Waals surface area contributed by atoms with Crippen molar-refractivity contribution in [1.29, 1.82) is 0 Å². The predicted molar refractivity (Wildman–Crippen MR) is 100 cm³/mol. The van der Waals surface area contributed by atoms with Crippen LogP contribution in [0.4, 0.5) is 15.8 Å². The van der Waals surface area contributed by atoms with Crippen LogP contribution in [0.2, 0.25) is 5.02 Å². The number of benzene rings is 2. The van der Waals surface area contributed by atoms with Crippen LogP contribution in [0, 0.1) is 5.82 Å². The van der Waals surface area contributed by atoms with Crippen LogP contribution < -0.4 is 10.6 Å². The summed E-state index contributed by atoms with van der Waals surface area (Å²) in [7, 11) is 0. The molecule has 0 spiro atoms. The Balaban J connectivity index is 2.33. The first-order valence-electron chi connectivity index (χ1n) is 7.94. The number of para-hydroxylation sites is 1. The van der Waals surface area contributed by atoms with Crippen molar-refractivity contribution in [2.45, 2.75) is 13.8 Å². The maximum Gasteiger partial charge on any atom is 0.142 e. The summed E-state index contributed by atoms with van der Waals surface area (Å²) in [6.45, 7) is 5.75. The number of rotatable bonds is 4. The lowest BCUT2D eigenvalue weighted by Gasteiger charge is -2.24. The van der Waals surface area contributed by atoms with E-state index in [1.807, 2.05) is 30.3 Å². The second-order valence-electron chi connectivity index (χ2n) is 5.57. The third-order valence-corrected chi connectivity index (χ3v) is 4.46. The van der Waals surface area contributed by atoms with Crippen molar-refractivity contribution in [3.05, 3.63) is 53.3 Å². The fourth-order valence-corrected chi connectivity index (χ4v) is 3.06. The summed E-state index contributed by atoms with van der Waals surface area (Å²) in [5, 5.41) is 0.817. The summed E-state index contributed by atoms with van der Waals surface area (Å²) >= 11 is 5.96. The van der Waals surface area contributed by atoms with Crippen molar-refractivity contribution in [2.24, 2.45) is 0 Å². The zero-order valence-corrected chi connectivity index (χ0v) is 14.4. The van der Waals surface area contributed by atoms with Gasteiger partial charge in [-0.3, -0.25) is 0 Å². The molecule has 2 N–H and O–H groups in total. The van der Waals surface area contributed by atoms with Crippen LogP contribution in [0.5, 0.6) is 0 Å². The highest BCUT2D eigenvalue weighted by Crippen LogP contribution is 2.35. The molecule has 1 heterocycles. The van der Waals surface area contributed by atoms with Gasteiger partial charge in [0.1, 0.15) is 5.82 Å². The quantitative estimate of drug-likeness (QED) is 0.668. The molecule has 3 rings (SSSR count). The molecule has 1 aromatic heterocycles. The molecule has 0 amide bonds. The Hall–Kier alpha value is -2.33. The van der Waals surface area contributed by atoms with Gasteiger partial charge < -0.3 is 10.6 Å². The van der Waals surface area contributed by atoms with Gasteiger partial charge >= 0.3 is 0 Å². The highest BCUT2D eigenvalue weighted by atomic mass is 35.5. The molecule has 0 fully saturated rings. The van der Waals surface area contributed by atoms with Gasteiger partial charge in [-0.25, -0.2) is 9.37 Å². The zero-order valence-electron chi connectivity index (χ0n) is 13.7. The van der Waals surface area contributed by atoms with Crippen molar-refractivity contribution in [3.8, 4) is 11.3 Å². The van der Waals surface area contributed by atoms with E-state index in [0.29, 0.717) is 11.2 Å². The second-order valence-corrected chi connectivity index (χ2v) is 5.98. The maximum atomic E-state index is 14.0. The van der Waals surface area contributed by atoms with E-state index in [1.54, 1.807) is 6.07 Å². The van der Waals surface area contributed by atoms with Gasteiger partial charge in [0.2, 0.25) is 0 Å². The highest BCUT2D eigenvalue weighted by Gasteiger charge is 2.15. The average Bonchev–Trinajstić information content (AvgIpc) is 2.57. The standard InChI is InChI=1S/C19H19ClFN3/c1-3-24(4-2)19-11-18(12-7-5-6-8-16(12)22)23-17-10-14(20)15(21)9-13(17)19/h5-11H,3-4,22H2,1-2H3. The van der Waals surface area contributed by atoms with Gasteiger partial charge in [-0.1, -0.05) is 29.8 Å². The Morgan fingerprint density at radius 1 is 1.12 bits per heavy atom. The molecule has 0 bridgehead atoms. The Labute approximate surface area is 145 Å². The van der Waals surface area contributed by atoms with Crippen LogP contribution in [0.15, 0.2) is 42.5 Å². The second kappa shape index (κ2) is 6.65. The average molecular weight is 344 g/mol. The molecule has 0 radical (unpaired) electrons. The highest BCUT2D eigenvalue weighted by molar-refractivity contribution is 6.31. The normalized spacial score (nSPS) is 11.0. The molecular formula is C19H19ClFN3. The molecule has 0 atom stereocenters. The summed E-state index contributed by atoms with van der Waals surface area (Å²) in [6.07, 6.45) is 0. The number of anilines is 2. The molecule has 5 heteroatoms. The third-order valence-electron chi connectivity index (χ3n) is 4.17. The lowest BCUT2D eigenvalue weighted by molar-refractivity contribution is 0.630. The van der Waals surface area contributed by atoms with E-state index >= 15 is 0 Å². The molecule has 0 aliphatic rings. The molecule has 0 aliphatic carbocycles. The van der Waals surface area contributed by atoms with Gasteiger partial charge in [0.05, 0.1) is 16.2 Å². The largest absolute Gasteiger partial charge is 0.398 e. The monoisotopic (exact) mass is 343 g/mol. The third kappa shape index (κ3) is 2.89. The van der Waals surface area contributed by atoms with Gasteiger partial charge in [0.15, 0.2) is 0 Å². The number of nitrogens with zero attached hydrogens (tertiary/aromatic N) is 2. The van der Waals surface area contributed by atoms with E-state index in [2.05, 4.69) is 23.7 Å². The molecular weight excluding hydrogens is 325 g/mol. The SMILES string of the molecule is CCN(CC)c1cc(-c2ccccc2N)nc2cc(Cl)c(F)cc12. The molecule has 3 nitrogen and oxygen atoms in total. The van der Waals surface area contributed by atoms with Crippen molar-refractivity contribution < 1.29 is 4.39 Å². The number of pyridine rings is 1. The zero-order chi connectivity index (χ0) is 17.3. The number of fused-ring (bicyclic) bond motifs is 1. The smallest absolute Gasteiger partial charge is 0.142 e. The number of nitrogens with two attached hydrogens (primary N) is 1. The fraction of sp³-hybridized carbons (Fsp3) is 0.211. The Morgan fingerprint density at radius 2 is 1.83 bits per heavy atom. The topological polar surface area (TPSA) is 42.1 Å². The minimum absolute atomic E-state index is 0.0682. The van der Waals surface area contributed by atoms with Gasteiger partial charge in [-0.15, -0.1) is 0 Å². The van der Waals surface area contributed by atoms with E-state index in [1.165, 1.54) is 6.07 Å². The molecule has 0 aliphatic heterocycles. The number of nitrogen functional groups attached to an aromatic ring is 1. The van der Waals surface area contributed by atoms with Crippen molar-refractivity contribution in [2.75, 3.05) is 23.7 Å². The minimum Gasteiger partial charge on any atom is -0.398 e. The molecule has 3 aromatic rings. The first-order chi connectivity index (χ1) is 11.5. The minimum atomic E-state index is -0.439. The molecule has 124 valence electrons. The summed E-state index contributed by atoms with van der Waals surface area (Å²) < 4.78 is 14.0. The van der Waals surface area contributed by atoms with Crippen molar-refractivity contribution in [3.63, 3.8) is 0 Å². The van der Waals surface area contributed by atoms with Crippen LogP contribution in [0.3, 0.4) is 0 Å². The number of aromatic nitrogens is 1. The van der Waals surface area contributed by atoms with E-state index in [0.717, 1.165) is 35.4 Å². The molecule has 0 unspecified atom stereocenters. The van der Waals surface area contributed by atoms with Crippen LogP contribution in [0.1, 0.15) is 13.8 Å². The molecule has 0 saturated heterocycles. The lowest BCUT2D eigenvalue weighted by atomic mass is 10.1. The molecule has 2 aromatic carbocycles. The van der Waals surface area contributed by atoms with Crippen LogP contribution in [-0.4, -0.2) is 18.1 Å². The first-order valence-corrected chi connectivity index (χ1v) is 8.32. The maximum absolute atomic E-state index is 14.0. The van der Waals surface area contributed by atoms with Gasteiger partial charge in [0.25, 0.3) is 0 Å². The number of hydrogen-bond acceptors (Lipinski definition) is 3. The van der Waals surface area contributed by atoms with Gasteiger partial charge in [-0.05, 0) is 38.1 Å². The van der Waals surface area contributed by atoms with E-state index in [-0.39, 0.29) is 5.02 Å². The lowest BCUT2D eigenvalue weighted by Crippen LogP contribution is -2.22. The number of halogens is 2. The van der Waals surface area contributed by atoms with Gasteiger partial charge in [0, 0.05) is 35.4 Å². The summed E-state index contributed by atoms with van der Waals surface area (Å²) in [4.78, 5) is 6.83. The van der Waals surface area contributed by atoms with E-state index in [9.17, 15) is 4.39 Å².